The van der Waals surface area contributed by atoms with E-state index in [-0.39, 0.29) is 29.1 Å². The van der Waals surface area contributed by atoms with Gasteiger partial charge in [0.25, 0.3) is 17.4 Å². The molecule has 2 aliphatic heterocycles. The number of carbonyl (C=O) groups excluding carboxylic acids is 3. The first kappa shape index (κ1) is 27.0. The number of carbonyl (C=O) groups is 3. The van der Waals surface area contributed by atoms with E-state index in [1.54, 1.807) is 19.9 Å². The van der Waals surface area contributed by atoms with E-state index in [0.717, 1.165) is 13.1 Å². The van der Waals surface area contributed by atoms with Crippen molar-refractivity contribution >= 4 is 29.1 Å². The largest absolute Gasteiger partial charge is 0.507 e. The number of nitrogens with one attached hydrogen (secondary N) is 1. The van der Waals surface area contributed by atoms with Crippen LogP contribution in [0.1, 0.15) is 45.3 Å². The van der Waals surface area contributed by atoms with Crippen LogP contribution >= 0.6 is 0 Å². The molecule has 0 unspecified atom stereocenters. The number of benzene rings is 1. The number of hydrogen-bond acceptors (Lipinski definition) is 9. The third-order valence-corrected chi connectivity index (χ3v) is 6.98. The molecule has 1 aromatic carbocycles. The molecule has 1 amide bonds. The fourth-order valence-electron chi connectivity index (χ4n) is 5.10. The molecule has 4 rings (SSSR count). The van der Waals surface area contributed by atoms with Crippen molar-refractivity contribution in [1.29, 1.82) is 0 Å². The van der Waals surface area contributed by atoms with E-state index in [1.165, 1.54) is 30.2 Å². The number of ketones is 1. The van der Waals surface area contributed by atoms with E-state index in [9.17, 15) is 29.6 Å². The van der Waals surface area contributed by atoms with Crippen LogP contribution in [0.2, 0.25) is 0 Å². The number of nitrogens with zero attached hydrogens (tertiary/aromatic N) is 3. The van der Waals surface area contributed by atoms with Gasteiger partial charge in [-0.1, -0.05) is 12.1 Å². The molecule has 0 bridgehead atoms. The molecule has 0 aliphatic carbocycles. The summed E-state index contributed by atoms with van der Waals surface area (Å²) in [6.07, 6.45) is 0.549. The number of aryl methyl sites for hydroxylation is 1. The summed E-state index contributed by atoms with van der Waals surface area (Å²) < 4.78 is 10.2. The van der Waals surface area contributed by atoms with Crippen LogP contribution in [0.15, 0.2) is 29.8 Å². The fraction of sp³-hybridized carbons (Fsp3) is 0.423. The molecule has 0 spiro atoms. The highest BCUT2D eigenvalue weighted by Gasteiger charge is 2.46. The number of amides is 1. The SMILES string of the molecule is COC(=O)c1[nH]c(C)c(C(O)=C2C(=O)C(=O)N(CCCN3CCOCC3)[C@H]2c2cccc([N+](=O)[O-])c2)c1C. The normalized spacial score (nSPS) is 19.7. The lowest BCUT2D eigenvalue weighted by atomic mass is 9.93. The molecule has 2 fully saturated rings. The maximum Gasteiger partial charge on any atom is 0.354 e. The number of H-pyrrole nitrogens is 1. The molecule has 1 atom stereocenters. The Kier molecular flexibility index (Phi) is 7.93. The number of ether oxygens (including phenoxy) is 2. The van der Waals surface area contributed by atoms with Crippen molar-refractivity contribution in [2.45, 2.75) is 26.3 Å². The smallest absolute Gasteiger partial charge is 0.354 e. The molecule has 3 heterocycles. The van der Waals surface area contributed by atoms with Gasteiger partial charge in [-0.15, -0.1) is 0 Å². The third kappa shape index (κ3) is 5.04. The summed E-state index contributed by atoms with van der Waals surface area (Å²) in [6, 6.07) is 4.63. The number of esters is 1. The number of morpholine rings is 1. The maximum atomic E-state index is 13.3. The Bertz CT molecular complexity index is 1310. The summed E-state index contributed by atoms with van der Waals surface area (Å²) in [6.45, 7) is 6.86. The summed E-state index contributed by atoms with van der Waals surface area (Å²) in [5, 5.41) is 22.9. The summed E-state index contributed by atoms with van der Waals surface area (Å²) in [4.78, 5) is 56.1. The molecule has 0 radical (unpaired) electrons. The first-order chi connectivity index (χ1) is 18.1. The van der Waals surface area contributed by atoms with Gasteiger partial charge in [-0.25, -0.2) is 4.79 Å². The lowest BCUT2D eigenvalue weighted by molar-refractivity contribution is -0.384. The lowest BCUT2D eigenvalue weighted by Gasteiger charge is -2.29. The van der Waals surface area contributed by atoms with Gasteiger partial charge >= 0.3 is 5.97 Å². The van der Waals surface area contributed by atoms with E-state index in [4.69, 9.17) is 9.47 Å². The van der Waals surface area contributed by atoms with Crippen molar-refractivity contribution in [2.24, 2.45) is 0 Å². The van der Waals surface area contributed by atoms with E-state index in [1.807, 2.05) is 0 Å². The monoisotopic (exact) mass is 526 g/mol. The van der Waals surface area contributed by atoms with Crippen LogP contribution in [0.25, 0.3) is 5.76 Å². The standard InChI is InChI=1S/C26H30N4O8/c1-15-19(16(2)27-21(15)26(34)37-3)23(31)20-22(17-6-4-7-18(14-17)30(35)36)29(25(33)24(20)32)9-5-8-28-10-12-38-13-11-28/h4,6-7,14,22,27,31H,5,8-13H2,1-3H3/t22-/m0/s1. The number of hydrogen-bond donors (Lipinski definition) is 2. The van der Waals surface area contributed by atoms with Gasteiger partial charge in [0.15, 0.2) is 0 Å². The molecule has 2 aromatic rings. The molecule has 38 heavy (non-hydrogen) atoms. The first-order valence-electron chi connectivity index (χ1n) is 12.3. The van der Waals surface area contributed by atoms with Crippen molar-refractivity contribution in [1.82, 2.24) is 14.8 Å². The predicted molar refractivity (Wildman–Crippen MR) is 136 cm³/mol. The Morgan fingerprint density at radius 2 is 1.95 bits per heavy atom. The maximum absolute atomic E-state index is 13.3. The van der Waals surface area contributed by atoms with Crippen molar-refractivity contribution in [2.75, 3.05) is 46.5 Å². The van der Waals surface area contributed by atoms with Crippen LogP contribution in [-0.4, -0.2) is 89.0 Å². The number of aromatic nitrogens is 1. The number of aromatic amines is 1. The number of aliphatic hydroxyl groups is 1. The van der Waals surface area contributed by atoms with Crippen LogP contribution < -0.4 is 0 Å². The minimum absolute atomic E-state index is 0.109. The summed E-state index contributed by atoms with van der Waals surface area (Å²) in [5.41, 5.74) is 0.988. The molecule has 1 aromatic heterocycles. The highest BCUT2D eigenvalue weighted by atomic mass is 16.6. The second-order valence-electron chi connectivity index (χ2n) is 9.27. The zero-order chi connectivity index (χ0) is 27.6. The molecule has 2 aliphatic rings. The Labute approximate surface area is 219 Å². The predicted octanol–water partition coefficient (Wildman–Crippen LogP) is 2.47. The first-order valence-corrected chi connectivity index (χ1v) is 12.3. The number of Topliss-reactive ketones (excluding diaryl/α,β-unsaturated/α-hetero) is 1. The Morgan fingerprint density at radius 1 is 1.24 bits per heavy atom. The number of methoxy groups -OCH3 is 1. The molecule has 2 N–H and O–H groups in total. The molecule has 0 saturated carbocycles. The van der Waals surface area contributed by atoms with Crippen LogP contribution in [0, 0.1) is 24.0 Å². The van der Waals surface area contributed by atoms with Gasteiger partial charge in [-0.05, 0) is 31.4 Å². The number of non-ortho nitro benzene ring substituents is 1. The van der Waals surface area contributed by atoms with E-state index < -0.39 is 34.4 Å². The number of aliphatic hydroxyl groups excluding tert-OH is 1. The van der Waals surface area contributed by atoms with Crippen LogP contribution in [-0.2, 0) is 19.1 Å². The van der Waals surface area contributed by atoms with Crippen molar-refractivity contribution < 1.29 is 33.9 Å². The highest BCUT2D eigenvalue weighted by molar-refractivity contribution is 6.46. The number of likely N-dealkylation sites (tertiary alicyclic amines) is 1. The summed E-state index contributed by atoms with van der Waals surface area (Å²) >= 11 is 0. The van der Waals surface area contributed by atoms with Crippen molar-refractivity contribution in [3.8, 4) is 0 Å². The average Bonchev–Trinajstić information content (AvgIpc) is 3.35. The van der Waals surface area contributed by atoms with Gasteiger partial charge in [0.2, 0.25) is 0 Å². The zero-order valence-electron chi connectivity index (χ0n) is 21.5. The van der Waals surface area contributed by atoms with Gasteiger partial charge < -0.3 is 24.5 Å². The van der Waals surface area contributed by atoms with E-state index >= 15 is 0 Å². The molecule has 202 valence electrons. The minimum Gasteiger partial charge on any atom is -0.507 e. The topological polar surface area (TPSA) is 155 Å². The highest BCUT2D eigenvalue weighted by Crippen LogP contribution is 2.41. The van der Waals surface area contributed by atoms with E-state index in [0.29, 0.717) is 43.0 Å². The molecular weight excluding hydrogens is 496 g/mol. The van der Waals surface area contributed by atoms with Gasteiger partial charge in [-0.2, -0.15) is 0 Å². The second kappa shape index (κ2) is 11.2. The average molecular weight is 527 g/mol. The van der Waals surface area contributed by atoms with Crippen molar-refractivity contribution in [3.05, 3.63) is 68.0 Å². The van der Waals surface area contributed by atoms with Crippen LogP contribution in [0.5, 0.6) is 0 Å². The molecular formula is C26H30N4O8. The zero-order valence-corrected chi connectivity index (χ0v) is 21.5. The number of rotatable bonds is 8. The van der Waals surface area contributed by atoms with Gasteiger partial charge in [0.1, 0.15) is 11.5 Å². The van der Waals surface area contributed by atoms with Crippen LogP contribution in [0.3, 0.4) is 0 Å². The number of nitro groups is 1. The quantitative estimate of drug-likeness (QED) is 0.132. The third-order valence-electron chi connectivity index (χ3n) is 6.98. The minimum atomic E-state index is -1.05. The van der Waals surface area contributed by atoms with Crippen LogP contribution in [0.4, 0.5) is 5.69 Å². The number of nitro benzene ring substituents is 1. The second-order valence-corrected chi connectivity index (χ2v) is 9.27. The Morgan fingerprint density at radius 3 is 2.61 bits per heavy atom. The fourth-order valence-corrected chi connectivity index (χ4v) is 5.10. The molecule has 12 heteroatoms. The summed E-state index contributed by atoms with van der Waals surface area (Å²) in [7, 11) is 1.22. The molecule has 2 saturated heterocycles. The Balaban J connectivity index is 1.78. The Hall–Kier alpha value is -4.03. The summed E-state index contributed by atoms with van der Waals surface area (Å²) in [5.74, 6) is -2.81. The van der Waals surface area contributed by atoms with Crippen molar-refractivity contribution in [3.63, 3.8) is 0 Å². The molecule has 12 nitrogen and oxygen atoms in total. The van der Waals surface area contributed by atoms with E-state index in [2.05, 4.69) is 9.88 Å². The van der Waals surface area contributed by atoms with Gasteiger partial charge in [0, 0.05) is 49.6 Å². The van der Waals surface area contributed by atoms with Gasteiger partial charge in [0.05, 0.1) is 36.9 Å². The lowest BCUT2D eigenvalue weighted by Crippen LogP contribution is -2.39. The van der Waals surface area contributed by atoms with Gasteiger partial charge in [-0.3, -0.25) is 24.6 Å².